The van der Waals surface area contributed by atoms with Crippen LogP contribution >= 0.6 is 0 Å². The second kappa shape index (κ2) is 4.66. The Labute approximate surface area is 105 Å². The van der Waals surface area contributed by atoms with Gasteiger partial charge in [0.25, 0.3) is 0 Å². The summed E-state index contributed by atoms with van der Waals surface area (Å²) in [5, 5.41) is 0. The second-order valence-electron chi connectivity index (χ2n) is 5.86. The molecule has 1 fully saturated rings. The van der Waals surface area contributed by atoms with Crippen molar-refractivity contribution in [1.82, 2.24) is 0 Å². The molecule has 1 nitrogen and oxygen atoms in total. The number of rotatable bonds is 4. The third-order valence-corrected chi connectivity index (χ3v) is 3.57. The maximum absolute atomic E-state index is 6.31. The highest BCUT2D eigenvalue weighted by Crippen LogP contribution is 2.36. The van der Waals surface area contributed by atoms with E-state index in [2.05, 4.69) is 44.7 Å². The topological polar surface area (TPSA) is 26.0 Å². The molecule has 2 rings (SSSR count). The molecule has 17 heavy (non-hydrogen) atoms. The van der Waals surface area contributed by atoms with Gasteiger partial charge in [0, 0.05) is 11.5 Å². The van der Waals surface area contributed by atoms with Crippen molar-refractivity contribution in [2.45, 2.75) is 38.6 Å². The third kappa shape index (κ3) is 3.19. The maximum Gasteiger partial charge on any atom is 0.0320 e. The standard InChI is InChI=1S/C16H23N/c1-12-6-4-5-7-14(12)15(16(2,3)17)11-10-13-8-9-13/h4-7,11,13-14H,1,8-10,17H2,2-3H3/b15-11+. The predicted octanol–water partition coefficient (Wildman–Crippen LogP) is 3.75. The normalized spacial score (nSPS) is 25.5. The lowest BCUT2D eigenvalue weighted by molar-refractivity contribution is 0.560. The number of hydrogen-bond acceptors (Lipinski definition) is 1. The summed E-state index contributed by atoms with van der Waals surface area (Å²) in [6.45, 7) is 8.32. The second-order valence-corrected chi connectivity index (χ2v) is 5.86. The predicted molar refractivity (Wildman–Crippen MR) is 74.6 cm³/mol. The Balaban J connectivity index is 2.19. The molecule has 2 aliphatic rings. The average molecular weight is 229 g/mol. The first-order valence-corrected chi connectivity index (χ1v) is 6.51. The molecule has 2 aliphatic carbocycles. The highest BCUT2D eigenvalue weighted by atomic mass is 14.7. The first-order valence-electron chi connectivity index (χ1n) is 6.51. The Morgan fingerprint density at radius 1 is 1.47 bits per heavy atom. The molecule has 0 heterocycles. The van der Waals surface area contributed by atoms with Gasteiger partial charge in [-0.3, -0.25) is 0 Å². The number of hydrogen-bond donors (Lipinski definition) is 1. The Bertz CT molecular complexity index is 386. The van der Waals surface area contributed by atoms with Gasteiger partial charge in [-0.1, -0.05) is 37.0 Å². The number of allylic oxidation sites excluding steroid dienone is 6. The fraction of sp³-hybridized carbons (Fsp3) is 0.500. The molecule has 1 heteroatoms. The summed E-state index contributed by atoms with van der Waals surface area (Å²) in [5.74, 6) is 1.20. The largest absolute Gasteiger partial charge is 0.322 e. The summed E-state index contributed by atoms with van der Waals surface area (Å²) in [6, 6.07) is 0. The highest BCUT2D eigenvalue weighted by molar-refractivity contribution is 5.41. The summed E-state index contributed by atoms with van der Waals surface area (Å²) < 4.78 is 0. The molecular weight excluding hydrogens is 206 g/mol. The molecule has 92 valence electrons. The van der Waals surface area contributed by atoms with E-state index < -0.39 is 0 Å². The molecular formula is C16H23N. The van der Waals surface area contributed by atoms with E-state index in [1.54, 1.807) is 0 Å². The van der Waals surface area contributed by atoms with Crippen LogP contribution in [0.4, 0.5) is 0 Å². The lowest BCUT2D eigenvalue weighted by Crippen LogP contribution is -2.37. The van der Waals surface area contributed by atoms with E-state index in [4.69, 9.17) is 5.73 Å². The first kappa shape index (κ1) is 12.4. The quantitative estimate of drug-likeness (QED) is 0.730. The monoisotopic (exact) mass is 229 g/mol. The van der Waals surface area contributed by atoms with Crippen LogP contribution in [-0.4, -0.2) is 5.54 Å². The fourth-order valence-electron chi connectivity index (χ4n) is 2.32. The Hall–Kier alpha value is -1.08. The van der Waals surface area contributed by atoms with Gasteiger partial charge in [0.15, 0.2) is 0 Å². The lowest BCUT2D eigenvalue weighted by Gasteiger charge is -2.30. The summed E-state index contributed by atoms with van der Waals surface area (Å²) in [4.78, 5) is 0. The van der Waals surface area contributed by atoms with Crippen molar-refractivity contribution in [2.75, 3.05) is 0 Å². The van der Waals surface area contributed by atoms with Crippen molar-refractivity contribution >= 4 is 0 Å². The van der Waals surface area contributed by atoms with Crippen molar-refractivity contribution in [2.24, 2.45) is 17.6 Å². The van der Waals surface area contributed by atoms with E-state index in [-0.39, 0.29) is 5.54 Å². The van der Waals surface area contributed by atoms with Crippen molar-refractivity contribution in [3.63, 3.8) is 0 Å². The van der Waals surface area contributed by atoms with Crippen molar-refractivity contribution < 1.29 is 0 Å². The molecule has 0 spiro atoms. The van der Waals surface area contributed by atoms with Crippen LogP contribution in [-0.2, 0) is 0 Å². The fourth-order valence-corrected chi connectivity index (χ4v) is 2.32. The molecule has 1 saturated carbocycles. The van der Waals surface area contributed by atoms with E-state index in [1.807, 2.05) is 6.08 Å². The Kier molecular flexibility index (Phi) is 3.39. The van der Waals surface area contributed by atoms with Crippen LogP contribution < -0.4 is 5.73 Å². The molecule has 1 unspecified atom stereocenters. The third-order valence-electron chi connectivity index (χ3n) is 3.57. The minimum Gasteiger partial charge on any atom is -0.322 e. The molecule has 1 atom stereocenters. The van der Waals surface area contributed by atoms with Gasteiger partial charge in [0.05, 0.1) is 0 Å². The van der Waals surface area contributed by atoms with Crippen LogP contribution in [0.15, 0.2) is 48.1 Å². The van der Waals surface area contributed by atoms with Gasteiger partial charge in [-0.2, -0.15) is 0 Å². The number of nitrogens with two attached hydrogens (primary N) is 1. The van der Waals surface area contributed by atoms with Crippen LogP contribution in [0.2, 0.25) is 0 Å². The van der Waals surface area contributed by atoms with Crippen LogP contribution in [0.3, 0.4) is 0 Å². The van der Waals surface area contributed by atoms with Gasteiger partial charge in [-0.15, -0.1) is 0 Å². The van der Waals surface area contributed by atoms with Gasteiger partial charge in [-0.05, 0) is 50.2 Å². The summed E-state index contributed by atoms with van der Waals surface area (Å²) in [7, 11) is 0. The Morgan fingerprint density at radius 3 is 2.71 bits per heavy atom. The van der Waals surface area contributed by atoms with E-state index >= 15 is 0 Å². The molecule has 0 bridgehead atoms. The van der Waals surface area contributed by atoms with Crippen molar-refractivity contribution in [3.8, 4) is 0 Å². The molecule has 0 aromatic rings. The highest BCUT2D eigenvalue weighted by Gasteiger charge is 2.27. The van der Waals surface area contributed by atoms with Crippen molar-refractivity contribution in [3.05, 3.63) is 48.1 Å². The first-order chi connectivity index (χ1) is 7.98. The molecule has 0 aliphatic heterocycles. The zero-order valence-corrected chi connectivity index (χ0v) is 10.9. The molecule has 0 radical (unpaired) electrons. The lowest BCUT2D eigenvalue weighted by atomic mass is 9.78. The zero-order valence-electron chi connectivity index (χ0n) is 10.9. The van der Waals surface area contributed by atoms with Crippen LogP contribution in [0.25, 0.3) is 0 Å². The molecule has 0 aromatic carbocycles. The maximum atomic E-state index is 6.31. The van der Waals surface area contributed by atoms with Crippen LogP contribution in [0.5, 0.6) is 0 Å². The molecule has 0 aromatic heterocycles. The van der Waals surface area contributed by atoms with Gasteiger partial charge in [-0.25, -0.2) is 0 Å². The SMILES string of the molecule is C=C1C=CC=CC1/C(=C\CC1CC1)C(C)(C)N. The van der Waals surface area contributed by atoms with E-state index in [9.17, 15) is 0 Å². The average Bonchev–Trinajstić information content (AvgIpc) is 3.03. The molecule has 2 N–H and O–H groups in total. The van der Waals surface area contributed by atoms with E-state index in [0.29, 0.717) is 5.92 Å². The van der Waals surface area contributed by atoms with Crippen molar-refractivity contribution in [1.29, 1.82) is 0 Å². The summed E-state index contributed by atoms with van der Waals surface area (Å²) >= 11 is 0. The van der Waals surface area contributed by atoms with Gasteiger partial charge in [0.2, 0.25) is 0 Å². The Morgan fingerprint density at radius 2 is 2.18 bits per heavy atom. The smallest absolute Gasteiger partial charge is 0.0320 e. The van der Waals surface area contributed by atoms with Gasteiger partial charge < -0.3 is 5.73 Å². The van der Waals surface area contributed by atoms with Crippen LogP contribution in [0, 0.1) is 11.8 Å². The zero-order chi connectivity index (χ0) is 12.5. The molecule has 0 saturated heterocycles. The van der Waals surface area contributed by atoms with Gasteiger partial charge >= 0.3 is 0 Å². The van der Waals surface area contributed by atoms with E-state index in [0.717, 1.165) is 11.5 Å². The summed E-state index contributed by atoms with van der Waals surface area (Å²) in [6.07, 6.45) is 14.7. The minimum absolute atomic E-state index is 0.266. The van der Waals surface area contributed by atoms with Crippen LogP contribution in [0.1, 0.15) is 33.1 Å². The molecule has 0 amide bonds. The van der Waals surface area contributed by atoms with E-state index in [1.165, 1.54) is 24.8 Å². The minimum atomic E-state index is -0.266. The van der Waals surface area contributed by atoms with Gasteiger partial charge in [0.1, 0.15) is 0 Å². The summed E-state index contributed by atoms with van der Waals surface area (Å²) in [5.41, 5.74) is 8.51.